The summed E-state index contributed by atoms with van der Waals surface area (Å²) in [6.45, 7) is 4.16. The topological polar surface area (TPSA) is 62.7 Å². The molecule has 0 radical (unpaired) electrons. The summed E-state index contributed by atoms with van der Waals surface area (Å²) in [4.78, 5) is 4.48. The number of aromatic nitrogens is 1. The summed E-state index contributed by atoms with van der Waals surface area (Å²) in [6, 6.07) is 8.63. The number of pyridine rings is 1. The van der Waals surface area contributed by atoms with Gasteiger partial charge in [-0.15, -0.1) is 0 Å². The van der Waals surface area contributed by atoms with Crippen LogP contribution in [0.3, 0.4) is 0 Å². The van der Waals surface area contributed by atoms with Crippen molar-refractivity contribution in [2.45, 2.75) is 39.5 Å². The summed E-state index contributed by atoms with van der Waals surface area (Å²) in [6.07, 6.45) is 4.25. The van der Waals surface area contributed by atoms with Crippen molar-refractivity contribution in [3.63, 3.8) is 0 Å². The second kappa shape index (κ2) is 5.21. The second-order valence-corrected chi connectivity index (χ2v) is 5.81. The monoisotopic (exact) mass is 277 g/mol. The predicted octanol–water partition coefficient (Wildman–Crippen LogP) is 3.70. The maximum Gasteiger partial charge on any atom is 0.142 e. The normalized spacial score (nSPS) is 13.6. The highest BCUT2D eigenvalue weighted by Crippen LogP contribution is 2.37. The maximum atomic E-state index is 9.55. The molecule has 1 aromatic carbocycles. The molecule has 0 bridgehead atoms. The predicted molar refractivity (Wildman–Crippen MR) is 84.9 cm³/mol. The minimum Gasteiger partial charge on any atom is -0.383 e. The average Bonchev–Trinajstić information content (AvgIpc) is 2.48. The average molecular weight is 277 g/mol. The zero-order chi connectivity index (χ0) is 15.0. The number of fused-ring (bicyclic) bond motifs is 1. The van der Waals surface area contributed by atoms with E-state index in [4.69, 9.17) is 5.73 Å². The Morgan fingerprint density at radius 1 is 1.19 bits per heavy atom. The van der Waals surface area contributed by atoms with Gasteiger partial charge in [-0.2, -0.15) is 5.26 Å². The van der Waals surface area contributed by atoms with Crippen LogP contribution in [0.4, 0.5) is 5.82 Å². The van der Waals surface area contributed by atoms with Gasteiger partial charge in [0.15, 0.2) is 0 Å². The van der Waals surface area contributed by atoms with Crippen molar-refractivity contribution in [3.05, 3.63) is 46.1 Å². The maximum absolute atomic E-state index is 9.55. The van der Waals surface area contributed by atoms with Gasteiger partial charge in [-0.1, -0.05) is 23.8 Å². The smallest absolute Gasteiger partial charge is 0.142 e. The molecule has 106 valence electrons. The third kappa shape index (κ3) is 2.27. The second-order valence-electron chi connectivity index (χ2n) is 5.81. The lowest BCUT2D eigenvalue weighted by atomic mass is 9.85. The van der Waals surface area contributed by atoms with Gasteiger partial charge in [0.2, 0.25) is 0 Å². The fourth-order valence-electron chi connectivity index (χ4n) is 3.18. The zero-order valence-corrected chi connectivity index (χ0v) is 12.5. The van der Waals surface area contributed by atoms with E-state index in [1.165, 1.54) is 16.7 Å². The molecule has 2 N–H and O–H groups in total. The largest absolute Gasteiger partial charge is 0.383 e. The van der Waals surface area contributed by atoms with Crippen molar-refractivity contribution in [1.82, 2.24) is 4.98 Å². The van der Waals surface area contributed by atoms with E-state index in [0.29, 0.717) is 11.4 Å². The molecule has 3 rings (SSSR count). The van der Waals surface area contributed by atoms with Crippen molar-refractivity contribution in [3.8, 4) is 17.2 Å². The molecule has 1 aliphatic rings. The Bertz CT molecular complexity index is 754. The Morgan fingerprint density at radius 2 is 1.95 bits per heavy atom. The van der Waals surface area contributed by atoms with E-state index in [2.05, 4.69) is 43.1 Å². The van der Waals surface area contributed by atoms with Crippen LogP contribution in [0.25, 0.3) is 11.1 Å². The number of nitrogen functional groups attached to an aromatic ring is 1. The van der Waals surface area contributed by atoms with Crippen LogP contribution in [0, 0.1) is 25.2 Å². The molecule has 0 saturated heterocycles. The molecule has 0 atom stereocenters. The van der Waals surface area contributed by atoms with E-state index >= 15 is 0 Å². The van der Waals surface area contributed by atoms with Gasteiger partial charge >= 0.3 is 0 Å². The summed E-state index contributed by atoms with van der Waals surface area (Å²) in [5, 5.41) is 9.55. The molecule has 1 aromatic heterocycles. The van der Waals surface area contributed by atoms with E-state index in [9.17, 15) is 5.26 Å². The van der Waals surface area contributed by atoms with Crippen LogP contribution in [-0.4, -0.2) is 4.98 Å². The number of nitrogens with zero attached hydrogens (tertiary/aromatic N) is 2. The molecule has 0 aliphatic heterocycles. The van der Waals surface area contributed by atoms with Crippen LogP contribution in [-0.2, 0) is 12.8 Å². The lowest BCUT2D eigenvalue weighted by molar-refractivity contribution is 0.670. The highest BCUT2D eigenvalue weighted by molar-refractivity contribution is 5.81. The van der Waals surface area contributed by atoms with Crippen LogP contribution in [0.2, 0.25) is 0 Å². The van der Waals surface area contributed by atoms with Crippen LogP contribution < -0.4 is 5.73 Å². The van der Waals surface area contributed by atoms with Crippen LogP contribution in [0.15, 0.2) is 18.2 Å². The van der Waals surface area contributed by atoms with E-state index in [0.717, 1.165) is 42.5 Å². The van der Waals surface area contributed by atoms with Gasteiger partial charge in [-0.3, -0.25) is 0 Å². The Kier molecular flexibility index (Phi) is 3.39. The lowest BCUT2D eigenvalue weighted by Crippen LogP contribution is -2.12. The van der Waals surface area contributed by atoms with Crippen molar-refractivity contribution < 1.29 is 0 Å². The van der Waals surface area contributed by atoms with Gasteiger partial charge < -0.3 is 5.73 Å². The molecule has 0 amide bonds. The van der Waals surface area contributed by atoms with Gasteiger partial charge in [0.1, 0.15) is 17.5 Å². The first-order chi connectivity index (χ1) is 10.1. The summed E-state index contributed by atoms with van der Waals surface area (Å²) in [5.74, 6) is 0.369. The zero-order valence-electron chi connectivity index (χ0n) is 12.5. The van der Waals surface area contributed by atoms with Crippen molar-refractivity contribution in [1.29, 1.82) is 5.26 Å². The first-order valence-electron chi connectivity index (χ1n) is 7.40. The molecule has 0 fully saturated rings. The van der Waals surface area contributed by atoms with Gasteiger partial charge in [0.05, 0.1) is 0 Å². The summed E-state index contributed by atoms with van der Waals surface area (Å²) >= 11 is 0. The number of nitriles is 1. The van der Waals surface area contributed by atoms with E-state index < -0.39 is 0 Å². The summed E-state index contributed by atoms with van der Waals surface area (Å²) < 4.78 is 0. The Balaban J connectivity index is 2.37. The van der Waals surface area contributed by atoms with Crippen molar-refractivity contribution in [2.75, 3.05) is 5.73 Å². The Hall–Kier alpha value is -2.34. The number of anilines is 1. The van der Waals surface area contributed by atoms with Gasteiger partial charge in [0, 0.05) is 11.3 Å². The minimum atomic E-state index is 0.369. The van der Waals surface area contributed by atoms with Crippen LogP contribution in [0.5, 0.6) is 0 Å². The fourth-order valence-corrected chi connectivity index (χ4v) is 3.18. The van der Waals surface area contributed by atoms with Crippen molar-refractivity contribution in [2.24, 2.45) is 0 Å². The standard InChI is InChI=1S/C18H19N3/c1-11-7-8-12(2)14(9-11)17-13-5-3-4-6-16(13)21-18(20)15(17)10-19/h7-9H,3-6H2,1-2H3,(H2,20,21). The van der Waals surface area contributed by atoms with Gasteiger partial charge in [0.25, 0.3) is 0 Å². The molecule has 2 aromatic rings. The SMILES string of the molecule is Cc1ccc(C)c(-c2c(C#N)c(N)nc3c2CCCC3)c1. The number of hydrogen-bond donors (Lipinski definition) is 1. The minimum absolute atomic E-state index is 0.369. The van der Waals surface area contributed by atoms with Gasteiger partial charge in [-0.05, 0) is 56.2 Å². The first-order valence-corrected chi connectivity index (χ1v) is 7.40. The molecule has 1 heterocycles. The molecule has 0 saturated carbocycles. The first kappa shape index (κ1) is 13.6. The third-order valence-corrected chi connectivity index (χ3v) is 4.28. The molecule has 0 unspecified atom stereocenters. The highest BCUT2D eigenvalue weighted by Gasteiger charge is 2.22. The molecule has 3 nitrogen and oxygen atoms in total. The van der Waals surface area contributed by atoms with Gasteiger partial charge in [-0.25, -0.2) is 4.98 Å². The summed E-state index contributed by atoms with van der Waals surface area (Å²) in [7, 11) is 0. The molecule has 21 heavy (non-hydrogen) atoms. The van der Waals surface area contributed by atoms with Crippen LogP contribution >= 0.6 is 0 Å². The van der Waals surface area contributed by atoms with E-state index in [1.807, 2.05) is 0 Å². The van der Waals surface area contributed by atoms with E-state index in [1.54, 1.807) is 0 Å². The molecule has 3 heteroatoms. The summed E-state index contributed by atoms with van der Waals surface area (Å²) in [5.41, 5.74) is 13.4. The number of benzene rings is 1. The number of hydrogen-bond acceptors (Lipinski definition) is 3. The van der Waals surface area contributed by atoms with E-state index in [-0.39, 0.29) is 0 Å². The molecular weight excluding hydrogens is 258 g/mol. The number of nitrogens with two attached hydrogens (primary N) is 1. The quantitative estimate of drug-likeness (QED) is 0.864. The van der Waals surface area contributed by atoms with Crippen molar-refractivity contribution >= 4 is 5.82 Å². The van der Waals surface area contributed by atoms with Crippen LogP contribution in [0.1, 0.15) is 40.8 Å². The molecule has 0 spiro atoms. The Labute approximate surface area is 125 Å². The number of aryl methyl sites for hydroxylation is 3. The highest BCUT2D eigenvalue weighted by atomic mass is 14.9. The third-order valence-electron chi connectivity index (χ3n) is 4.28. The number of rotatable bonds is 1. The lowest BCUT2D eigenvalue weighted by Gasteiger charge is -2.22. The molecule has 1 aliphatic carbocycles. The fraction of sp³-hybridized carbons (Fsp3) is 0.333. The molecular formula is C18H19N3. The Morgan fingerprint density at radius 3 is 2.71 bits per heavy atom.